The van der Waals surface area contributed by atoms with E-state index in [1.165, 1.54) is 25.0 Å². The molecule has 0 amide bonds. The molecule has 3 rings (SSSR count). The minimum absolute atomic E-state index is 0.273. The standard InChI is InChI=1S/C12H13FN4/c13-9-3-1-2-8(6-9)12-15-11(16-17-12)7-14-10-4-5-10/h1-3,6,10,14H,4-5,7H2,(H,15,16,17). The molecule has 1 heterocycles. The summed E-state index contributed by atoms with van der Waals surface area (Å²) in [5, 5.41) is 10.3. The number of hydrogen-bond donors (Lipinski definition) is 2. The van der Waals surface area contributed by atoms with E-state index in [1.807, 2.05) is 0 Å². The fourth-order valence-electron chi connectivity index (χ4n) is 1.66. The lowest BCUT2D eigenvalue weighted by molar-refractivity contribution is 0.628. The van der Waals surface area contributed by atoms with E-state index in [4.69, 9.17) is 0 Å². The average Bonchev–Trinajstić information content (AvgIpc) is 3.04. The van der Waals surface area contributed by atoms with Gasteiger partial charge in [0.2, 0.25) is 0 Å². The molecule has 1 aromatic heterocycles. The van der Waals surface area contributed by atoms with Crippen LogP contribution in [0, 0.1) is 5.82 Å². The zero-order chi connectivity index (χ0) is 11.7. The summed E-state index contributed by atoms with van der Waals surface area (Å²) in [4.78, 5) is 4.33. The van der Waals surface area contributed by atoms with Gasteiger partial charge in [-0.15, -0.1) is 0 Å². The van der Waals surface area contributed by atoms with Crippen molar-refractivity contribution in [1.29, 1.82) is 0 Å². The van der Waals surface area contributed by atoms with E-state index in [0.29, 0.717) is 24.0 Å². The number of nitrogens with zero attached hydrogens (tertiary/aromatic N) is 2. The molecule has 0 atom stereocenters. The van der Waals surface area contributed by atoms with E-state index >= 15 is 0 Å². The van der Waals surface area contributed by atoms with Gasteiger partial charge in [0, 0.05) is 11.6 Å². The third kappa shape index (κ3) is 2.50. The molecule has 1 aliphatic rings. The largest absolute Gasteiger partial charge is 0.307 e. The molecule has 1 saturated carbocycles. The van der Waals surface area contributed by atoms with E-state index in [2.05, 4.69) is 20.5 Å². The van der Waals surface area contributed by atoms with Crippen molar-refractivity contribution < 1.29 is 4.39 Å². The highest BCUT2D eigenvalue weighted by molar-refractivity contribution is 5.54. The molecule has 0 aliphatic heterocycles. The van der Waals surface area contributed by atoms with E-state index in [1.54, 1.807) is 12.1 Å². The summed E-state index contributed by atoms with van der Waals surface area (Å²) < 4.78 is 13.0. The first-order valence-corrected chi connectivity index (χ1v) is 5.72. The first kappa shape index (κ1) is 10.4. The van der Waals surface area contributed by atoms with Crippen LogP contribution in [0.15, 0.2) is 24.3 Å². The molecule has 0 saturated heterocycles. The number of rotatable bonds is 4. The Bertz CT molecular complexity index is 519. The molecule has 0 bridgehead atoms. The number of aromatic nitrogens is 3. The normalized spacial score (nSPS) is 15.1. The van der Waals surface area contributed by atoms with Gasteiger partial charge in [-0.3, -0.25) is 5.10 Å². The van der Waals surface area contributed by atoms with Gasteiger partial charge in [0.05, 0.1) is 6.54 Å². The van der Waals surface area contributed by atoms with Crippen LogP contribution < -0.4 is 5.32 Å². The van der Waals surface area contributed by atoms with Crippen LogP contribution in [0.5, 0.6) is 0 Å². The maximum atomic E-state index is 13.0. The van der Waals surface area contributed by atoms with Crippen LogP contribution in [0.1, 0.15) is 18.7 Å². The maximum absolute atomic E-state index is 13.0. The van der Waals surface area contributed by atoms with Gasteiger partial charge >= 0.3 is 0 Å². The highest BCUT2D eigenvalue weighted by Crippen LogP contribution is 2.19. The van der Waals surface area contributed by atoms with Crippen LogP contribution in [0.2, 0.25) is 0 Å². The molecule has 4 nitrogen and oxygen atoms in total. The second-order valence-electron chi connectivity index (χ2n) is 4.27. The number of halogens is 1. The second kappa shape index (κ2) is 4.25. The molecule has 1 fully saturated rings. The number of nitrogens with one attached hydrogen (secondary N) is 2. The van der Waals surface area contributed by atoms with Crippen molar-refractivity contribution in [3.8, 4) is 11.4 Å². The summed E-state index contributed by atoms with van der Waals surface area (Å²) in [6.07, 6.45) is 2.48. The van der Waals surface area contributed by atoms with Gasteiger partial charge < -0.3 is 5.32 Å². The predicted octanol–water partition coefficient (Wildman–Crippen LogP) is 1.86. The van der Waals surface area contributed by atoms with Crippen LogP contribution >= 0.6 is 0 Å². The maximum Gasteiger partial charge on any atom is 0.181 e. The minimum Gasteiger partial charge on any atom is -0.307 e. The monoisotopic (exact) mass is 232 g/mol. The SMILES string of the molecule is Fc1cccc(-c2n[nH]c(CNC3CC3)n2)c1. The third-order valence-electron chi connectivity index (χ3n) is 2.75. The quantitative estimate of drug-likeness (QED) is 0.846. The van der Waals surface area contributed by atoms with Gasteiger partial charge in [0.1, 0.15) is 11.6 Å². The number of hydrogen-bond acceptors (Lipinski definition) is 3. The molecule has 17 heavy (non-hydrogen) atoms. The van der Waals surface area contributed by atoms with Gasteiger partial charge in [0.15, 0.2) is 5.82 Å². The Hall–Kier alpha value is -1.75. The fraction of sp³-hybridized carbons (Fsp3) is 0.333. The zero-order valence-electron chi connectivity index (χ0n) is 9.28. The third-order valence-corrected chi connectivity index (χ3v) is 2.75. The van der Waals surface area contributed by atoms with Gasteiger partial charge in [-0.05, 0) is 25.0 Å². The van der Waals surface area contributed by atoms with E-state index in [0.717, 1.165) is 5.82 Å². The Kier molecular flexibility index (Phi) is 2.60. The molecule has 0 radical (unpaired) electrons. The highest BCUT2D eigenvalue weighted by Gasteiger charge is 2.20. The molecule has 2 N–H and O–H groups in total. The van der Waals surface area contributed by atoms with Gasteiger partial charge in [-0.2, -0.15) is 5.10 Å². The topological polar surface area (TPSA) is 53.6 Å². The predicted molar refractivity (Wildman–Crippen MR) is 61.6 cm³/mol. The van der Waals surface area contributed by atoms with E-state index in [9.17, 15) is 4.39 Å². The van der Waals surface area contributed by atoms with E-state index < -0.39 is 0 Å². The first-order valence-electron chi connectivity index (χ1n) is 5.72. The van der Waals surface area contributed by atoms with Crippen LogP contribution in [-0.2, 0) is 6.54 Å². The molecule has 1 aromatic carbocycles. The lowest BCUT2D eigenvalue weighted by Crippen LogP contribution is -2.16. The molecule has 88 valence electrons. The van der Waals surface area contributed by atoms with Crippen LogP contribution in [0.3, 0.4) is 0 Å². The van der Waals surface area contributed by atoms with Gasteiger partial charge in [0.25, 0.3) is 0 Å². The Labute approximate surface area is 98.3 Å². The van der Waals surface area contributed by atoms with Crippen LogP contribution in [0.25, 0.3) is 11.4 Å². The van der Waals surface area contributed by atoms with Crippen molar-refractivity contribution in [2.45, 2.75) is 25.4 Å². The summed E-state index contributed by atoms with van der Waals surface area (Å²) in [5.74, 6) is 1.05. The Morgan fingerprint density at radius 3 is 3.06 bits per heavy atom. The zero-order valence-corrected chi connectivity index (χ0v) is 9.28. The van der Waals surface area contributed by atoms with E-state index in [-0.39, 0.29) is 5.82 Å². The molecular formula is C12H13FN4. The van der Waals surface area contributed by atoms with Crippen molar-refractivity contribution in [3.63, 3.8) is 0 Å². The summed E-state index contributed by atoms with van der Waals surface area (Å²) in [6, 6.07) is 6.93. The van der Waals surface area contributed by atoms with Crippen molar-refractivity contribution in [3.05, 3.63) is 35.9 Å². The van der Waals surface area contributed by atoms with Crippen LogP contribution in [-0.4, -0.2) is 21.2 Å². The van der Waals surface area contributed by atoms with Gasteiger partial charge in [-0.1, -0.05) is 12.1 Å². The molecule has 0 spiro atoms. The van der Waals surface area contributed by atoms with Crippen molar-refractivity contribution in [1.82, 2.24) is 20.5 Å². The number of aromatic amines is 1. The smallest absolute Gasteiger partial charge is 0.181 e. The van der Waals surface area contributed by atoms with Crippen LogP contribution in [0.4, 0.5) is 4.39 Å². The minimum atomic E-state index is -0.273. The second-order valence-corrected chi connectivity index (χ2v) is 4.27. The van der Waals surface area contributed by atoms with Crippen molar-refractivity contribution in [2.75, 3.05) is 0 Å². The lowest BCUT2D eigenvalue weighted by atomic mass is 10.2. The lowest BCUT2D eigenvalue weighted by Gasteiger charge is -1.97. The number of benzene rings is 1. The first-order chi connectivity index (χ1) is 8.31. The molecule has 2 aromatic rings. The Morgan fingerprint density at radius 2 is 2.29 bits per heavy atom. The average molecular weight is 232 g/mol. The molecular weight excluding hydrogens is 219 g/mol. The number of H-pyrrole nitrogens is 1. The molecule has 1 aliphatic carbocycles. The Balaban J connectivity index is 1.74. The van der Waals surface area contributed by atoms with Crippen molar-refractivity contribution >= 4 is 0 Å². The summed E-state index contributed by atoms with van der Waals surface area (Å²) in [5.41, 5.74) is 0.693. The fourth-order valence-corrected chi connectivity index (χ4v) is 1.66. The van der Waals surface area contributed by atoms with Gasteiger partial charge in [-0.25, -0.2) is 9.37 Å². The summed E-state index contributed by atoms with van der Waals surface area (Å²) >= 11 is 0. The highest BCUT2D eigenvalue weighted by atomic mass is 19.1. The summed E-state index contributed by atoms with van der Waals surface area (Å²) in [7, 11) is 0. The Morgan fingerprint density at radius 1 is 1.41 bits per heavy atom. The summed E-state index contributed by atoms with van der Waals surface area (Å²) in [6.45, 7) is 0.687. The molecule has 0 unspecified atom stereocenters. The van der Waals surface area contributed by atoms with Crippen molar-refractivity contribution in [2.24, 2.45) is 0 Å². The molecule has 5 heteroatoms.